The van der Waals surface area contributed by atoms with E-state index in [4.69, 9.17) is 0 Å². The SMILES string of the molecule is CCN(C)c1ccccc1CNC(C)(C)C. The van der Waals surface area contributed by atoms with Gasteiger partial charge >= 0.3 is 0 Å². The number of anilines is 1. The van der Waals surface area contributed by atoms with E-state index in [1.165, 1.54) is 11.3 Å². The second-order valence-corrected chi connectivity index (χ2v) is 5.25. The highest BCUT2D eigenvalue weighted by atomic mass is 15.1. The van der Waals surface area contributed by atoms with Gasteiger partial charge in [-0.15, -0.1) is 0 Å². The van der Waals surface area contributed by atoms with Gasteiger partial charge in [-0.2, -0.15) is 0 Å². The Balaban J connectivity index is 2.79. The van der Waals surface area contributed by atoms with Crippen LogP contribution in [0.4, 0.5) is 5.69 Å². The molecule has 0 unspecified atom stereocenters. The molecule has 16 heavy (non-hydrogen) atoms. The Morgan fingerprint density at radius 3 is 2.38 bits per heavy atom. The fourth-order valence-electron chi connectivity index (χ4n) is 1.56. The summed E-state index contributed by atoms with van der Waals surface area (Å²) in [5.74, 6) is 0. The molecule has 0 aromatic heterocycles. The van der Waals surface area contributed by atoms with Crippen LogP contribution in [0, 0.1) is 0 Å². The van der Waals surface area contributed by atoms with Crippen LogP contribution in [-0.4, -0.2) is 19.1 Å². The van der Waals surface area contributed by atoms with Crippen LogP contribution in [0.2, 0.25) is 0 Å². The number of hydrogen-bond donors (Lipinski definition) is 1. The Morgan fingerprint density at radius 2 is 1.81 bits per heavy atom. The maximum atomic E-state index is 3.53. The van der Waals surface area contributed by atoms with Crippen LogP contribution in [0.5, 0.6) is 0 Å². The maximum Gasteiger partial charge on any atom is 0.0409 e. The van der Waals surface area contributed by atoms with Crippen molar-refractivity contribution in [2.75, 3.05) is 18.5 Å². The minimum Gasteiger partial charge on any atom is -0.375 e. The molecule has 1 aromatic carbocycles. The van der Waals surface area contributed by atoms with Gasteiger partial charge in [0.1, 0.15) is 0 Å². The van der Waals surface area contributed by atoms with Gasteiger partial charge in [0.25, 0.3) is 0 Å². The number of nitrogens with zero attached hydrogens (tertiary/aromatic N) is 1. The largest absolute Gasteiger partial charge is 0.375 e. The molecule has 0 heterocycles. The third-order valence-electron chi connectivity index (χ3n) is 2.69. The fourth-order valence-corrected chi connectivity index (χ4v) is 1.56. The highest BCUT2D eigenvalue weighted by Gasteiger charge is 2.11. The van der Waals surface area contributed by atoms with E-state index < -0.39 is 0 Å². The van der Waals surface area contributed by atoms with Crippen molar-refractivity contribution in [1.82, 2.24) is 5.32 Å². The molecular formula is C14H24N2. The molecule has 0 aliphatic heterocycles. The lowest BCUT2D eigenvalue weighted by molar-refractivity contribution is 0.424. The van der Waals surface area contributed by atoms with E-state index in [1.54, 1.807) is 0 Å². The molecule has 2 heteroatoms. The van der Waals surface area contributed by atoms with Gasteiger partial charge < -0.3 is 10.2 Å². The fraction of sp³-hybridized carbons (Fsp3) is 0.571. The molecule has 0 spiro atoms. The molecule has 0 saturated heterocycles. The van der Waals surface area contributed by atoms with Crippen molar-refractivity contribution in [3.8, 4) is 0 Å². The predicted octanol–water partition coefficient (Wildman–Crippen LogP) is 3.03. The third kappa shape index (κ3) is 3.86. The maximum absolute atomic E-state index is 3.53. The summed E-state index contributed by atoms with van der Waals surface area (Å²) in [6.07, 6.45) is 0. The number of benzene rings is 1. The van der Waals surface area contributed by atoms with Crippen molar-refractivity contribution >= 4 is 5.69 Å². The van der Waals surface area contributed by atoms with Crippen molar-refractivity contribution in [3.63, 3.8) is 0 Å². The second-order valence-electron chi connectivity index (χ2n) is 5.25. The topological polar surface area (TPSA) is 15.3 Å². The van der Waals surface area contributed by atoms with Gasteiger partial charge in [-0.25, -0.2) is 0 Å². The molecule has 0 fully saturated rings. The van der Waals surface area contributed by atoms with E-state index >= 15 is 0 Å². The van der Waals surface area contributed by atoms with Crippen LogP contribution >= 0.6 is 0 Å². The molecule has 0 amide bonds. The zero-order valence-corrected chi connectivity index (χ0v) is 11.2. The summed E-state index contributed by atoms with van der Waals surface area (Å²) >= 11 is 0. The lowest BCUT2D eigenvalue weighted by atomic mass is 10.1. The van der Waals surface area contributed by atoms with Gasteiger partial charge in [-0.3, -0.25) is 0 Å². The van der Waals surface area contributed by atoms with Crippen molar-refractivity contribution in [2.45, 2.75) is 39.8 Å². The molecule has 0 aliphatic carbocycles. The third-order valence-corrected chi connectivity index (χ3v) is 2.69. The lowest BCUT2D eigenvalue weighted by Crippen LogP contribution is -2.35. The van der Waals surface area contributed by atoms with Crippen molar-refractivity contribution in [2.24, 2.45) is 0 Å². The van der Waals surface area contributed by atoms with E-state index in [1.807, 2.05) is 0 Å². The Bertz CT molecular complexity index is 326. The normalized spacial score (nSPS) is 11.6. The summed E-state index contributed by atoms with van der Waals surface area (Å²) in [6.45, 7) is 10.7. The standard InChI is InChI=1S/C14H24N2/c1-6-16(5)13-10-8-7-9-12(13)11-15-14(2,3)4/h7-10,15H,6,11H2,1-5H3. The van der Waals surface area contributed by atoms with E-state index in [2.05, 4.69) is 69.2 Å². The Morgan fingerprint density at radius 1 is 1.19 bits per heavy atom. The molecule has 0 saturated carbocycles. The van der Waals surface area contributed by atoms with Gasteiger partial charge in [-0.05, 0) is 39.3 Å². The summed E-state index contributed by atoms with van der Waals surface area (Å²) in [6, 6.07) is 8.58. The van der Waals surface area contributed by atoms with E-state index in [0.717, 1.165) is 13.1 Å². The molecule has 0 bridgehead atoms. The van der Waals surface area contributed by atoms with Crippen LogP contribution < -0.4 is 10.2 Å². The first-order valence-corrected chi connectivity index (χ1v) is 5.98. The minimum atomic E-state index is 0.165. The molecule has 0 atom stereocenters. The van der Waals surface area contributed by atoms with Crippen LogP contribution in [0.3, 0.4) is 0 Å². The predicted molar refractivity (Wildman–Crippen MR) is 72.0 cm³/mol. The molecule has 0 radical (unpaired) electrons. The molecule has 1 N–H and O–H groups in total. The zero-order chi connectivity index (χ0) is 12.2. The van der Waals surface area contributed by atoms with Gasteiger partial charge in [0.05, 0.1) is 0 Å². The van der Waals surface area contributed by atoms with Gasteiger partial charge in [0, 0.05) is 31.4 Å². The Hall–Kier alpha value is -1.02. The molecule has 2 nitrogen and oxygen atoms in total. The van der Waals surface area contributed by atoms with Crippen LogP contribution in [0.15, 0.2) is 24.3 Å². The van der Waals surface area contributed by atoms with E-state index in [0.29, 0.717) is 0 Å². The van der Waals surface area contributed by atoms with Crippen LogP contribution in [-0.2, 0) is 6.54 Å². The first kappa shape index (κ1) is 13.0. The van der Waals surface area contributed by atoms with E-state index in [-0.39, 0.29) is 5.54 Å². The average Bonchev–Trinajstić information content (AvgIpc) is 2.25. The number of rotatable bonds is 4. The zero-order valence-electron chi connectivity index (χ0n) is 11.2. The highest BCUT2D eigenvalue weighted by molar-refractivity contribution is 5.52. The van der Waals surface area contributed by atoms with Gasteiger partial charge in [-0.1, -0.05) is 18.2 Å². The average molecular weight is 220 g/mol. The summed E-state index contributed by atoms with van der Waals surface area (Å²) in [5.41, 5.74) is 2.85. The van der Waals surface area contributed by atoms with E-state index in [9.17, 15) is 0 Å². The summed E-state index contributed by atoms with van der Waals surface area (Å²) < 4.78 is 0. The number of nitrogens with one attached hydrogen (secondary N) is 1. The van der Waals surface area contributed by atoms with Crippen LogP contribution in [0.25, 0.3) is 0 Å². The Labute approximate surface area is 99.7 Å². The second kappa shape index (κ2) is 5.35. The minimum absolute atomic E-state index is 0.165. The summed E-state index contributed by atoms with van der Waals surface area (Å²) in [4.78, 5) is 2.28. The van der Waals surface area contributed by atoms with Gasteiger partial charge in [0.2, 0.25) is 0 Å². The molecule has 1 rings (SSSR count). The van der Waals surface area contributed by atoms with Crippen molar-refractivity contribution in [3.05, 3.63) is 29.8 Å². The molecule has 1 aromatic rings. The lowest BCUT2D eigenvalue weighted by Gasteiger charge is -2.24. The summed E-state index contributed by atoms with van der Waals surface area (Å²) in [5, 5.41) is 3.53. The molecular weight excluding hydrogens is 196 g/mol. The quantitative estimate of drug-likeness (QED) is 0.839. The highest BCUT2D eigenvalue weighted by Crippen LogP contribution is 2.19. The first-order valence-electron chi connectivity index (χ1n) is 5.98. The van der Waals surface area contributed by atoms with Crippen molar-refractivity contribution in [1.29, 1.82) is 0 Å². The number of para-hydroxylation sites is 1. The molecule has 0 aliphatic rings. The number of hydrogen-bond acceptors (Lipinski definition) is 2. The van der Waals surface area contributed by atoms with Gasteiger partial charge in [0.15, 0.2) is 0 Å². The summed E-state index contributed by atoms with van der Waals surface area (Å²) in [7, 11) is 2.13. The smallest absolute Gasteiger partial charge is 0.0409 e. The first-order chi connectivity index (χ1) is 7.44. The monoisotopic (exact) mass is 220 g/mol. The van der Waals surface area contributed by atoms with Crippen LogP contribution in [0.1, 0.15) is 33.3 Å². The molecule has 90 valence electrons. The Kier molecular flexibility index (Phi) is 4.36. The van der Waals surface area contributed by atoms with Crippen molar-refractivity contribution < 1.29 is 0 Å².